The SMILES string of the molecule is C=CCn1c(=O)n(CC=C)c(=O)n(CC(=O)NC(=O)NCC(C)C)c1=O. The molecule has 142 valence electrons. The predicted molar refractivity (Wildman–Crippen MR) is 96.0 cm³/mol. The summed E-state index contributed by atoms with van der Waals surface area (Å²) in [5.41, 5.74) is -2.75. The van der Waals surface area contributed by atoms with E-state index in [0.29, 0.717) is 11.1 Å². The van der Waals surface area contributed by atoms with Gasteiger partial charge in [0, 0.05) is 6.54 Å². The Kier molecular flexibility index (Phi) is 7.51. The first kappa shape index (κ1) is 20.9. The summed E-state index contributed by atoms with van der Waals surface area (Å²) in [6, 6.07) is -0.734. The first-order valence-corrected chi connectivity index (χ1v) is 7.96. The molecule has 0 aliphatic carbocycles. The normalized spacial score (nSPS) is 10.4. The van der Waals surface area contributed by atoms with Crippen LogP contribution in [0.15, 0.2) is 39.7 Å². The number of allylic oxidation sites excluding steroid dienone is 2. The Morgan fingerprint density at radius 3 is 1.85 bits per heavy atom. The van der Waals surface area contributed by atoms with E-state index in [-0.39, 0.29) is 19.0 Å². The highest BCUT2D eigenvalue weighted by Crippen LogP contribution is 1.86. The number of aromatic nitrogens is 3. The number of amides is 3. The number of imide groups is 1. The number of hydrogen-bond acceptors (Lipinski definition) is 5. The zero-order chi connectivity index (χ0) is 19.9. The van der Waals surface area contributed by atoms with E-state index in [1.165, 1.54) is 12.2 Å². The summed E-state index contributed by atoms with van der Waals surface area (Å²) in [5.74, 6) is -0.675. The summed E-state index contributed by atoms with van der Waals surface area (Å²) in [4.78, 5) is 60.5. The van der Waals surface area contributed by atoms with Gasteiger partial charge in [-0.05, 0) is 5.92 Å². The highest BCUT2D eigenvalue weighted by Gasteiger charge is 2.17. The van der Waals surface area contributed by atoms with Crippen LogP contribution in [-0.2, 0) is 24.4 Å². The summed E-state index contributed by atoms with van der Waals surface area (Å²) in [6.07, 6.45) is 2.63. The van der Waals surface area contributed by atoms with Gasteiger partial charge in [0.25, 0.3) is 0 Å². The summed E-state index contributed by atoms with van der Waals surface area (Å²) in [5, 5.41) is 4.51. The van der Waals surface area contributed by atoms with Crippen molar-refractivity contribution in [3.8, 4) is 0 Å². The molecule has 0 aromatic carbocycles. The first-order chi connectivity index (χ1) is 12.2. The summed E-state index contributed by atoms with van der Waals surface area (Å²) >= 11 is 0. The third-order valence-corrected chi connectivity index (χ3v) is 3.23. The van der Waals surface area contributed by atoms with Gasteiger partial charge in [-0.2, -0.15) is 0 Å². The first-order valence-electron chi connectivity index (χ1n) is 7.96. The number of nitrogens with one attached hydrogen (secondary N) is 2. The number of carbonyl (C=O) groups is 2. The zero-order valence-electron chi connectivity index (χ0n) is 14.9. The molecule has 0 fully saturated rings. The van der Waals surface area contributed by atoms with E-state index >= 15 is 0 Å². The van der Waals surface area contributed by atoms with Crippen LogP contribution in [-0.4, -0.2) is 32.2 Å². The van der Waals surface area contributed by atoms with Crippen molar-refractivity contribution >= 4 is 11.9 Å². The molecule has 2 N–H and O–H groups in total. The minimum absolute atomic E-state index is 0.133. The molecule has 0 aliphatic heterocycles. The Morgan fingerprint density at radius 2 is 1.42 bits per heavy atom. The molecule has 1 aromatic rings. The van der Waals surface area contributed by atoms with Crippen molar-refractivity contribution in [3.63, 3.8) is 0 Å². The van der Waals surface area contributed by atoms with Gasteiger partial charge in [0.1, 0.15) is 6.54 Å². The Balaban J connectivity index is 3.17. The van der Waals surface area contributed by atoms with E-state index in [2.05, 4.69) is 18.5 Å². The number of nitrogens with zero attached hydrogens (tertiary/aromatic N) is 3. The highest BCUT2D eigenvalue weighted by molar-refractivity contribution is 5.94. The smallest absolute Gasteiger partial charge is 0.337 e. The van der Waals surface area contributed by atoms with Gasteiger partial charge in [0.05, 0.1) is 13.1 Å². The minimum atomic E-state index is -0.960. The quantitative estimate of drug-likeness (QED) is 0.573. The monoisotopic (exact) mass is 365 g/mol. The second-order valence-corrected chi connectivity index (χ2v) is 5.88. The number of hydrogen-bond donors (Lipinski definition) is 2. The van der Waals surface area contributed by atoms with Crippen LogP contribution >= 0.6 is 0 Å². The fourth-order valence-corrected chi connectivity index (χ4v) is 2.04. The van der Waals surface area contributed by atoms with Crippen LogP contribution in [0, 0.1) is 5.92 Å². The van der Waals surface area contributed by atoms with Gasteiger partial charge in [-0.15, -0.1) is 13.2 Å². The van der Waals surface area contributed by atoms with E-state index in [4.69, 9.17) is 0 Å². The molecule has 1 heterocycles. The molecular weight excluding hydrogens is 342 g/mol. The number of urea groups is 1. The van der Waals surface area contributed by atoms with Crippen LogP contribution < -0.4 is 27.7 Å². The lowest BCUT2D eigenvalue weighted by Gasteiger charge is -2.12. The third kappa shape index (κ3) is 5.16. The van der Waals surface area contributed by atoms with Gasteiger partial charge in [-0.1, -0.05) is 26.0 Å². The molecule has 1 aromatic heterocycles. The average Bonchev–Trinajstić information content (AvgIpc) is 2.57. The third-order valence-electron chi connectivity index (χ3n) is 3.23. The summed E-state index contributed by atoms with van der Waals surface area (Å²) in [6.45, 7) is 10.1. The Bertz CT molecular complexity index is 826. The van der Waals surface area contributed by atoms with E-state index in [0.717, 1.165) is 9.13 Å². The fourth-order valence-electron chi connectivity index (χ4n) is 2.04. The minimum Gasteiger partial charge on any atom is -0.338 e. The summed E-state index contributed by atoms with van der Waals surface area (Å²) in [7, 11) is 0. The molecule has 0 saturated carbocycles. The van der Waals surface area contributed by atoms with Crippen molar-refractivity contribution in [2.75, 3.05) is 6.54 Å². The Hall–Kier alpha value is -3.17. The van der Waals surface area contributed by atoms with Gasteiger partial charge in [-0.25, -0.2) is 32.9 Å². The molecule has 3 amide bonds. The van der Waals surface area contributed by atoms with Crippen molar-refractivity contribution in [3.05, 3.63) is 56.8 Å². The average molecular weight is 365 g/mol. The van der Waals surface area contributed by atoms with Crippen molar-refractivity contribution in [2.24, 2.45) is 5.92 Å². The van der Waals surface area contributed by atoms with Crippen LogP contribution in [0.2, 0.25) is 0 Å². The maximum Gasteiger partial charge on any atom is 0.337 e. The van der Waals surface area contributed by atoms with E-state index in [1.807, 2.05) is 19.2 Å². The Labute approximate surface area is 149 Å². The molecule has 0 aliphatic rings. The maximum atomic E-state index is 12.4. The highest BCUT2D eigenvalue weighted by atomic mass is 16.2. The lowest BCUT2D eigenvalue weighted by molar-refractivity contribution is -0.120. The van der Waals surface area contributed by atoms with Crippen LogP contribution in [0.5, 0.6) is 0 Å². The largest absolute Gasteiger partial charge is 0.338 e. The van der Waals surface area contributed by atoms with Crippen LogP contribution in [0.3, 0.4) is 0 Å². The van der Waals surface area contributed by atoms with Gasteiger partial charge >= 0.3 is 23.1 Å². The molecule has 1 rings (SSSR count). The zero-order valence-corrected chi connectivity index (χ0v) is 14.9. The van der Waals surface area contributed by atoms with E-state index in [9.17, 15) is 24.0 Å². The molecule has 0 unspecified atom stereocenters. The van der Waals surface area contributed by atoms with Gasteiger partial charge in [-0.3, -0.25) is 10.1 Å². The molecule has 0 saturated heterocycles. The molecule has 0 spiro atoms. The van der Waals surface area contributed by atoms with Crippen molar-refractivity contribution < 1.29 is 9.59 Å². The Morgan fingerprint density at radius 1 is 0.962 bits per heavy atom. The van der Waals surface area contributed by atoms with Crippen LogP contribution in [0.1, 0.15) is 13.8 Å². The van der Waals surface area contributed by atoms with Crippen molar-refractivity contribution in [1.29, 1.82) is 0 Å². The van der Waals surface area contributed by atoms with Crippen LogP contribution in [0.4, 0.5) is 4.79 Å². The molecule has 0 atom stereocenters. The molecule has 26 heavy (non-hydrogen) atoms. The van der Waals surface area contributed by atoms with Crippen molar-refractivity contribution in [2.45, 2.75) is 33.5 Å². The lowest BCUT2D eigenvalue weighted by Crippen LogP contribution is -2.56. The van der Waals surface area contributed by atoms with Gasteiger partial charge < -0.3 is 5.32 Å². The van der Waals surface area contributed by atoms with Crippen LogP contribution in [0.25, 0.3) is 0 Å². The molecule has 0 radical (unpaired) electrons. The molecule has 0 bridgehead atoms. The lowest BCUT2D eigenvalue weighted by atomic mass is 10.2. The van der Waals surface area contributed by atoms with E-state index in [1.54, 1.807) is 0 Å². The van der Waals surface area contributed by atoms with Gasteiger partial charge in [0.15, 0.2) is 0 Å². The molecule has 10 nitrogen and oxygen atoms in total. The predicted octanol–water partition coefficient (Wildman–Crippen LogP) is -0.974. The van der Waals surface area contributed by atoms with Gasteiger partial charge in [0.2, 0.25) is 5.91 Å². The fraction of sp³-hybridized carbons (Fsp3) is 0.438. The maximum absolute atomic E-state index is 12.4. The second kappa shape index (κ2) is 9.35. The number of rotatable bonds is 8. The number of carbonyl (C=O) groups excluding carboxylic acids is 2. The summed E-state index contributed by atoms with van der Waals surface area (Å²) < 4.78 is 2.12. The standard InChI is InChI=1S/C16H23N5O5/c1-5-7-19-14(24)20(8-6-2)16(26)21(15(19)25)10-12(22)18-13(23)17-9-11(3)4/h5-6,11H,1-2,7-10H2,3-4H3,(H2,17,18,22,23). The molecule has 10 heteroatoms. The van der Waals surface area contributed by atoms with E-state index < -0.39 is 35.6 Å². The second-order valence-electron chi connectivity index (χ2n) is 5.88. The molecular formula is C16H23N5O5. The topological polar surface area (TPSA) is 124 Å². The van der Waals surface area contributed by atoms with Crippen molar-refractivity contribution in [1.82, 2.24) is 24.3 Å².